The Bertz CT molecular complexity index is 1470. The molecule has 0 N–H and O–H groups in total. The van der Waals surface area contributed by atoms with Crippen LogP contribution in [0.15, 0.2) is 170 Å². The molecule has 0 radical (unpaired) electrons. The van der Waals surface area contributed by atoms with Crippen molar-refractivity contribution in [3.8, 4) is 0 Å². The molecule has 40 heavy (non-hydrogen) atoms. The summed E-state index contributed by atoms with van der Waals surface area (Å²) in [5, 5.41) is 0. The third-order valence-corrected chi connectivity index (χ3v) is 6.86. The van der Waals surface area contributed by atoms with Crippen molar-refractivity contribution in [3.63, 3.8) is 0 Å². The van der Waals surface area contributed by atoms with Gasteiger partial charge >= 0.3 is 0 Å². The van der Waals surface area contributed by atoms with Gasteiger partial charge in [-0.15, -0.1) is 0 Å². The number of nitrogens with zero attached hydrogens (tertiary/aromatic N) is 2. The zero-order chi connectivity index (χ0) is 27.0. The van der Waals surface area contributed by atoms with Crippen LogP contribution < -0.4 is 9.80 Å². The number of benzene rings is 6. The van der Waals surface area contributed by atoms with E-state index in [-0.39, 0.29) is 0 Å². The third-order valence-electron chi connectivity index (χ3n) is 6.86. The van der Waals surface area contributed by atoms with Crippen LogP contribution in [-0.2, 0) is 0 Å². The van der Waals surface area contributed by atoms with E-state index in [1.807, 2.05) is 0 Å². The Morgan fingerprint density at radius 1 is 0.275 bits per heavy atom. The quantitative estimate of drug-likeness (QED) is 0.186. The van der Waals surface area contributed by atoms with E-state index in [4.69, 9.17) is 0 Å². The fourth-order valence-electron chi connectivity index (χ4n) is 5.01. The molecule has 6 rings (SSSR count). The second kappa shape index (κ2) is 12.0. The maximum atomic E-state index is 2.31. The number of rotatable bonds is 8. The minimum absolute atomic E-state index is 1.12. The zero-order valence-electron chi connectivity index (χ0n) is 22.2. The first-order chi connectivity index (χ1) is 19.9. The lowest BCUT2D eigenvalue weighted by molar-refractivity contribution is 1.27. The molecule has 0 heterocycles. The number of hydrogen-bond donors (Lipinski definition) is 0. The van der Waals surface area contributed by atoms with Crippen LogP contribution in [0.1, 0.15) is 11.1 Å². The van der Waals surface area contributed by atoms with Gasteiger partial charge in [-0.1, -0.05) is 121 Å². The molecule has 0 amide bonds. The average molecular weight is 515 g/mol. The Hall–Kier alpha value is -5.34. The molecule has 0 aliphatic heterocycles. The number of hydrogen-bond acceptors (Lipinski definition) is 2. The lowest BCUT2D eigenvalue weighted by atomic mass is 10.1. The zero-order valence-corrected chi connectivity index (χ0v) is 22.2. The summed E-state index contributed by atoms with van der Waals surface area (Å²) in [6.45, 7) is 0. The summed E-state index contributed by atoms with van der Waals surface area (Å²) in [5.74, 6) is 0. The van der Waals surface area contributed by atoms with Crippen molar-refractivity contribution in [2.45, 2.75) is 0 Å². The maximum Gasteiger partial charge on any atom is 0.0533 e. The molecule has 0 aliphatic carbocycles. The Balaban J connectivity index is 1.44. The molecular weight excluding hydrogens is 484 g/mol. The normalized spacial score (nSPS) is 10.9. The predicted octanol–water partition coefficient (Wildman–Crippen LogP) is 10.8. The molecule has 0 saturated heterocycles. The van der Waals surface area contributed by atoms with Crippen molar-refractivity contribution in [2.24, 2.45) is 0 Å². The van der Waals surface area contributed by atoms with E-state index in [0.717, 1.165) is 45.3 Å². The van der Waals surface area contributed by atoms with Crippen LogP contribution >= 0.6 is 0 Å². The summed E-state index contributed by atoms with van der Waals surface area (Å²) in [6.07, 6.45) is 4.45. The topological polar surface area (TPSA) is 6.48 Å². The number of para-hydroxylation sites is 6. The minimum atomic E-state index is 1.12. The molecule has 0 saturated carbocycles. The summed E-state index contributed by atoms with van der Waals surface area (Å²) in [5.41, 5.74) is 8.99. The highest BCUT2D eigenvalue weighted by atomic mass is 15.1. The van der Waals surface area contributed by atoms with Gasteiger partial charge in [-0.05, 0) is 71.8 Å². The van der Waals surface area contributed by atoms with Gasteiger partial charge in [0.25, 0.3) is 0 Å². The van der Waals surface area contributed by atoms with Gasteiger partial charge in [0.1, 0.15) is 0 Å². The highest BCUT2D eigenvalue weighted by Gasteiger charge is 2.16. The largest absolute Gasteiger partial charge is 0.310 e. The van der Waals surface area contributed by atoms with Crippen LogP contribution in [0.3, 0.4) is 0 Å². The average Bonchev–Trinajstić information content (AvgIpc) is 3.04. The van der Waals surface area contributed by atoms with Crippen LogP contribution in [0.5, 0.6) is 0 Å². The van der Waals surface area contributed by atoms with E-state index in [1.54, 1.807) is 0 Å². The van der Waals surface area contributed by atoms with Crippen molar-refractivity contribution in [1.29, 1.82) is 0 Å². The second-order valence-corrected chi connectivity index (χ2v) is 9.46. The molecule has 0 fully saturated rings. The van der Waals surface area contributed by atoms with Crippen LogP contribution in [0.25, 0.3) is 12.2 Å². The van der Waals surface area contributed by atoms with E-state index in [1.165, 1.54) is 0 Å². The highest BCUT2D eigenvalue weighted by Crippen LogP contribution is 2.39. The monoisotopic (exact) mass is 514 g/mol. The molecule has 6 aromatic rings. The summed E-state index contributed by atoms with van der Waals surface area (Å²) in [4.78, 5) is 4.62. The fourth-order valence-corrected chi connectivity index (χ4v) is 5.01. The van der Waals surface area contributed by atoms with E-state index >= 15 is 0 Å². The first-order valence-corrected chi connectivity index (χ1v) is 13.5. The smallest absolute Gasteiger partial charge is 0.0533 e. The fraction of sp³-hybridized carbons (Fsp3) is 0. The van der Waals surface area contributed by atoms with Gasteiger partial charge in [-0.2, -0.15) is 0 Å². The van der Waals surface area contributed by atoms with Gasteiger partial charge in [0, 0.05) is 22.7 Å². The molecule has 6 aromatic carbocycles. The van der Waals surface area contributed by atoms with Gasteiger partial charge in [0.05, 0.1) is 11.4 Å². The molecule has 192 valence electrons. The van der Waals surface area contributed by atoms with Crippen molar-refractivity contribution in [3.05, 3.63) is 181 Å². The molecule has 2 nitrogen and oxygen atoms in total. The van der Waals surface area contributed by atoms with Crippen LogP contribution in [0.4, 0.5) is 34.1 Å². The molecule has 0 spiro atoms. The molecule has 0 unspecified atom stereocenters. The van der Waals surface area contributed by atoms with Crippen molar-refractivity contribution >= 4 is 46.3 Å². The number of anilines is 6. The minimum Gasteiger partial charge on any atom is -0.310 e. The van der Waals surface area contributed by atoms with Crippen LogP contribution in [0, 0.1) is 0 Å². The lowest BCUT2D eigenvalue weighted by Gasteiger charge is -2.27. The van der Waals surface area contributed by atoms with Gasteiger partial charge in [-0.3, -0.25) is 0 Å². The van der Waals surface area contributed by atoms with E-state index in [9.17, 15) is 0 Å². The standard InChI is InChI=1S/C38H30N2/c1-5-19-33(20-6-1)39(34-21-7-2-8-22-34)37-27-15-13-17-31(37)29-30-32-18-14-16-28-38(32)40(35-23-9-3-10-24-35)36-25-11-4-12-26-36/h1-30H. The summed E-state index contributed by atoms with van der Waals surface area (Å²) < 4.78 is 0. The van der Waals surface area contributed by atoms with Crippen LogP contribution in [0.2, 0.25) is 0 Å². The highest BCUT2D eigenvalue weighted by molar-refractivity contribution is 5.89. The maximum absolute atomic E-state index is 2.31. The Kier molecular flexibility index (Phi) is 7.50. The van der Waals surface area contributed by atoms with Crippen molar-refractivity contribution < 1.29 is 0 Å². The second-order valence-electron chi connectivity index (χ2n) is 9.46. The Morgan fingerprint density at radius 2 is 0.525 bits per heavy atom. The van der Waals surface area contributed by atoms with E-state index in [2.05, 4.69) is 192 Å². The van der Waals surface area contributed by atoms with Gasteiger partial charge in [0.2, 0.25) is 0 Å². The summed E-state index contributed by atoms with van der Waals surface area (Å²) >= 11 is 0. The molecule has 2 heteroatoms. The molecule has 0 aliphatic rings. The molecular formula is C38H30N2. The lowest BCUT2D eigenvalue weighted by Crippen LogP contribution is -2.11. The molecule has 0 atom stereocenters. The molecule has 0 bridgehead atoms. The van der Waals surface area contributed by atoms with E-state index < -0.39 is 0 Å². The first-order valence-electron chi connectivity index (χ1n) is 13.5. The predicted molar refractivity (Wildman–Crippen MR) is 171 cm³/mol. The van der Waals surface area contributed by atoms with Crippen molar-refractivity contribution in [2.75, 3.05) is 9.80 Å². The van der Waals surface area contributed by atoms with Crippen molar-refractivity contribution in [1.82, 2.24) is 0 Å². The van der Waals surface area contributed by atoms with Gasteiger partial charge in [-0.25, -0.2) is 0 Å². The summed E-state index contributed by atoms with van der Waals surface area (Å²) in [6, 6.07) is 59.3. The van der Waals surface area contributed by atoms with Gasteiger partial charge in [0.15, 0.2) is 0 Å². The van der Waals surface area contributed by atoms with E-state index in [0.29, 0.717) is 0 Å². The Labute approximate surface area is 236 Å². The Morgan fingerprint density at radius 3 is 0.825 bits per heavy atom. The SMILES string of the molecule is C(=Cc1ccccc1N(c1ccccc1)c1ccccc1)c1ccccc1N(c1ccccc1)c1ccccc1. The molecule has 0 aromatic heterocycles. The third kappa shape index (κ3) is 5.43. The van der Waals surface area contributed by atoms with Crippen LogP contribution in [-0.4, -0.2) is 0 Å². The first kappa shape index (κ1) is 25.0. The van der Waals surface area contributed by atoms with Gasteiger partial charge < -0.3 is 9.80 Å². The summed E-state index contributed by atoms with van der Waals surface area (Å²) in [7, 11) is 0.